The van der Waals surface area contributed by atoms with Crippen LogP contribution in [0.25, 0.3) is 11.2 Å². The van der Waals surface area contributed by atoms with Gasteiger partial charge in [0.15, 0.2) is 10.4 Å². The molecule has 0 saturated heterocycles. The molecule has 20 heavy (non-hydrogen) atoms. The van der Waals surface area contributed by atoms with Gasteiger partial charge in [-0.1, -0.05) is 26.2 Å². The molecule has 1 aliphatic carbocycles. The first-order valence-corrected chi connectivity index (χ1v) is 7.59. The van der Waals surface area contributed by atoms with Gasteiger partial charge in [0.1, 0.15) is 11.8 Å². The molecule has 0 aromatic carbocycles. The maximum Gasteiger partial charge on any atom is 0.242 e. The Balaban J connectivity index is 1.99. The van der Waals surface area contributed by atoms with Crippen LogP contribution in [0.5, 0.6) is 5.88 Å². The first-order valence-electron chi connectivity index (χ1n) is 7.18. The van der Waals surface area contributed by atoms with Crippen molar-refractivity contribution in [3.05, 3.63) is 11.1 Å². The van der Waals surface area contributed by atoms with Crippen LogP contribution in [0.4, 0.5) is 0 Å². The van der Waals surface area contributed by atoms with E-state index in [1.165, 1.54) is 32.0 Å². The smallest absolute Gasteiger partial charge is 0.242 e. The lowest BCUT2D eigenvalue weighted by Gasteiger charge is -2.28. The molecule has 0 amide bonds. The number of hydrogen-bond donors (Lipinski definition) is 1. The standard InChI is InChI=1S/C14H20N4OS/c1-9-5-3-4-6-10(9)7-18-12-11(17-14(18)20)13(19-2)16-8-15-12/h8-10H,3-7H2,1-2H3,(H,17,20). The van der Waals surface area contributed by atoms with Crippen molar-refractivity contribution in [1.82, 2.24) is 19.5 Å². The Kier molecular flexibility index (Phi) is 3.74. The summed E-state index contributed by atoms with van der Waals surface area (Å²) in [5.41, 5.74) is 1.64. The molecule has 2 heterocycles. The van der Waals surface area contributed by atoms with Gasteiger partial charge >= 0.3 is 0 Å². The summed E-state index contributed by atoms with van der Waals surface area (Å²) in [7, 11) is 1.61. The molecule has 2 aromatic heterocycles. The highest BCUT2D eigenvalue weighted by molar-refractivity contribution is 7.71. The second-order valence-corrected chi connectivity index (χ2v) is 6.03. The molecule has 0 bridgehead atoms. The van der Waals surface area contributed by atoms with Crippen molar-refractivity contribution < 1.29 is 4.74 Å². The van der Waals surface area contributed by atoms with Crippen LogP contribution in [0.1, 0.15) is 32.6 Å². The molecule has 0 radical (unpaired) electrons. The number of fused-ring (bicyclic) bond motifs is 1. The highest BCUT2D eigenvalue weighted by atomic mass is 32.1. The first kappa shape index (κ1) is 13.5. The summed E-state index contributed by atoms with van der Waals surface area (Å²) in [5, 5.41) is 0. The van der Waals surface area contributed by atoms with Crippen molar-refractivity contribution in [1.29, 1.82) is 0 Å². The molecule has 1 aliphatic rings. The summed E-state index contributed by atoms with van der Waals surface area (Å²) in [6.45, 7) is 3.28. The van der Waals surface area contributed by atoms with E-state index in [2.05, 4.69) is 26.4 Å². The van der Waals surface area contributed by atoms with Gasteiger partial charge < -0.3 is 14.3 Å². The second kappa shape index (κ2) is 5.52. The highest BCUT2D eigenvalue weighted by Gasteiger charge is 2.23. The Labute approximate surface area is 123 Å². The lowest BCUT2D eigenvalue weighted by atomic mass is 9.80. The molecule has 5 nitrogen and oxygen atoms in total. The zero-order chi connectivity index (χ0) is 14.1. The number of hydrogen-bond acceptors (Lipinski definition) is 4. The summed E-state index contributed by atoms with van der Waals surface area (Å²) in [5.74, 6) is 1.98. The van der Waals surface area contributed by atoms with Crippen molar-refractivity contribution in [2.24, 2.45) is 11.8 Å². The lowest BCUT2D eigenvalue weighted by molar-refractivity contribution is 0.229. The molecule has 108 valence electrons. The third-order valence-corrected chi connectivity index (χ3v) is 4.75. The quantitative estimate of drug-likeness (QED) is 0.882. The molecule has 0 spiro atoms. The number of H-pyrrole nitrogens is 1. The van der Waals surface area contributed by atoms with E-state index in [-0.39, 0.29) is 0 Å². The van der Waals surface area contributed by atoms with E-state index in [9.17, 15) is 0 Å². The molecule has 1 fully saturated rings. The van der Waals surface area contributed by atoms with E-state index in [4.69, 9.17) is 17.0 Å². The van der Waals surface area contributed by atoms with E-state index in [1.807, 2.05) is 0 Å². The van der Waals surface area contributed by atoms with Gasteiger partial charge in [0, 0.05) is 6.54 Å². The van der Waals surface area contributed by atoms with Crippen LogP contribution in [0, 0.1) is 16.6 Å². The number of aromatic nitrogens is 4. The van der Waals surface area contributed by atoms with Gasteiger partial charge in [-0.2, -0.15) is 4.98 Å². The van der Waals surface area contributed by atoms with Crippen LogP contribution in [0.3, 0.4) is 0 Å². The van der Waals surface area contributed by atoms with Crippen LogP contribution in [-0.2, 0) is 6.54 Å². The summed E-state index contributed by atoms with van der Waals surface area (Å²) in [6, 6.07) is 0. The molecule has 3 rings (SSSR count). The first-order chi connectivity index (χ1) is 9.70. The fraction of sp³-hybridized carbons (Fsp3) is 0.643. The van der Waals surface area contributed by atoms with E-state index in [1.54, 1.807) is 7.11 Å². The average Bonchev–Trinajstić information content (AvgIpc) is 2.77. The molecular formula is C14H20N4OS. The molecule has 2 aromatic rings. The highest BCUT2D eigenvalue weighted by Crippen LogP contribution is 2.32. The molecule has 1 saturated carbocycles. The topological polar surface area (TPSA) is 55.7 Å². The summed E-state index contributed by atoms with van der Waals surface area (Å²) in [4.78, 5) is 11.7. The fourth-order valence-electron chi connectivity index (χ4n) is 3.17. The fourth-order valence-corrected chi connectivity index (χ4v) is 3.43. The number of methoxy groups -OCH3 is 1. The average molecular weight is 292 g/mol. The van der Waals surface area contributed by atoms with Crippen LogP contribution < -0.4 is 4.74 Å². The maximum atomic E-state index is 5.45. The van der Waals surface area contributed by atoms with Crippen molar-refractivity contribution in [3.8, 4) is 5.88 Å². The maximum absolute atomic E-state index is 5.45. The Hall–Kier alpha value is -1.43. The Morgan fingerprint density at radius 1 is 1.40 bits per heavy atom. The van der Waals surface area contributed by atoms with Gasteiger partial charge in [-0.3, -0.25) is 0 Å². The number of nitrogens with one attached hydrogen (secondary N) is 1. The third-order valence-electron chi connectivity index (χ3n) is 4.42. The molecule has 6 heteroatoms. The van der Waals surface area contributed by atoms with Crippen molar-refractivity contribution in [2.45, 2.75) is 39.2 Å². The van der Waals surface area contributed by atoms with E-state index >= 15 is 0 Å². The lowest BCUT2D eigenvalue weighted by Crippen LogP contribution is -2.22. The Morgan fingerprint density at radius 2 is 2.20 bits per heavy atom. The van der Waals surface area contributed by atoms with Crippen molar-refractivity contribution >= 4 is 23.4 Å². The van der Waals surface area contributed by atoms with E-state index in [0.29, 0.717) is 16.6 Å². The normalized spacial score (nSPS) is 23.1. The zero-order valence-electron chi connectivity index (χ0n) is 11.9. The Morgan fingerprint density at radius 3 is 2.95 bits per heavy atom. The molecule has 1 N–H and O–H groups in total. The number of aromatic amines is 1. The summed E-state index contributed by atoms with van der Waals surface area (Å²) in [6.07, 6.45) is 6.80. The van der Waals surface area contributed by atoms with Crippen LogP contribution in [-0.4, -0.2) is 26.6 Å². The van der Waals surface area contributed by atoms with Crippen molar-refractivity contribution in [3.63, 3.8) is 0 Å². The summed E-state index contributed by atoms with van der Waals surface area (Å²) >= 11 is 5.45. The van der Waals surface area contributed by atoms with Crippen LogP contribution in [0.2, 0.25) is 0 Å². The summed E-state index contributed by atoms with van der Waals surface area (Å²) < 4.78 is 8.07. The van der Waals surface area contributed by atoms with Gasteiger partial charge in [-0.05, 0) is 30.5 Å². The van der Waals surface area contributed by atoms with Gasteiger partial charge in [0.25, 0.3) is 0 Å². The van der Waals surface area contributed by atoms with Gasteiger partial charge in [0.2, 0.25) is 5.88 Å². The predicted molar refractivity (Wildman–Crippen MR) is 80.4 cm³/mol. The second-order valence-electron chi connectivity index (χ2n) is 5.64. The number of nitrogens with zero attached hydrogens (tertiary/aromatic N) is 3. The molecule has 2 atom stereocenters. The van der Waals surface area contributed by atoms with Gasteiger partial charge in [0.05, 0.1) is 7.11 Å². The van der Waals surface area contributed by atoms with Crippen LogP contribution >= 0.6 is 12.2 Å². The molecule has 0 aliphatic heterocycles. The third kappa shape index (κ3) is 2.32. The monoisotopic (exact) mass is 292 g/mol. The van der Waals surface area contributed by atoms with Gasteiger partial charge in [-0.25, -0.2) is 4.98 Å². The number of rotatable bonds is 3. The van der Waals surface area contributed by atoms with Crippen molar-refractivity contribution in [2.75, 3.05) is 7.11 Å². The minimum atomic E-state index is 0.552. The van der Waals surface area contributed by atoms with Gasteiger partial charge in [-0.15, -0.1) is 0 Å². The predicted octanol–water partition coefficient (Wildman–Crippen LogP) is 3.32. The molecular weight excluding hydrogens is 272 g/mol. The van der Waals surface area contributed by atoms with E-state index < -0.39 is 0 Å². The minimum absolute atomic E-state index is 0.552. The molecule has 2 unspecified atom stereocenters. The largest absolute Gasteiger partial charge is 0.479 e. The van der Waals surface area contributed by atoms with Crippen LogP contribution in [0.15, 0.2) is 6.33 Å². The minimum Gasteiger partial charge on any atom is -0.479 e. The Bertz CT molecular complexity index is 663. The number of imidazole rings is 1. The zero-order valence-corrected chi connectivity index (χ0v) is 12.7. The SMILES string of the molecule is COc1ncnc2c1[nH]c(=S)n2CC1CCCCC1C. The van der Waals surface area contributed by atoms with E-state index in [0.717, 1.165) is 23.6 Å². The number of ether oxygens (including phenoxy) is 1.